The Labute approximate surface area is 201 Å². The summed E-state index contributed by atoms with van der Waals surface area (Å²) in [5.74, 6) is -2.31. The molecule has 1 aromatic carbocycles. The Morgan fingerprint density at radius 2 is 1.91 bits per heavy atom. The number of anilines is 1. The molecule has 3 saturated heterocycles. The maximum Gasteiger partial charge on any atom is 0.246 e. The minimum Gasteiger partial charge on any atom is -0.394 e. The second-order valence-electron chi connectivity index (χ2n) is 11.0. The van der Waals surface area contributed by atoms with Gasteiger partial charge in [0.2, 0.25) is 17.7 Å². The van der Waals surface area contributed by atoms with E-state index in [-0.39, 0.29) is 30.2 Å². The molecule has 1 aromatic rings. The van der Waals surface area contributed by atoms with E-state index in [1.807, 2.05) is 52.8 Å². The van der Waals surface area contributed by atoms with Crippen molar-refractivity contribution in [3.63, 3.8) is 0 Å². The molecule has 3 amide bonds. The summed E-state index contributed by atoms with van der Waals surface area (Å²) in [6, 6.07) is 7.71. The van der Waals surface area contributed by atoms with Crippen molar-refractivity contribution in [3.8, 4) is 0 Å². The summed E-state index contributed by atoms with van der Waals surface area (Å²) in [6.45, 7) is 9.38. The predicted octanol–water partition coefficient (Wildman–Crippen LogP) is 2.32. The molecule has 3 heterocycles. The molecule has 8 nitrogen and oxygen atoms in total. The zero-order chi connectivity index (χ0) is 24.8. The highest BCUT2D eigenvalue weighted by Crippen LogP contribution is 2.59. The van der Waals surface area contributed by atoms with Crippen molar-refractivity contribution in [2.24, 2.45) is 17.8 Å². The van der Waals surface area contributed by atoms with Crippen LogP contribution in [0.25, 0.3) is 0 Å². The fraction of sp³-hybridized carbons (Fsp3) is 0.654. The Kier molecular flexibility index (Phi) is 6.50. The van der Waals surface area contributed by atoms with Gasteiger partial charge in [-0.15, -0.1) is 0 Å². The smallest absolute Gasteiger partial charge is 0.246 e. The highest BCUT2D eigenvalue weighted by Gasteiger charge is 2.75. The molecule has 2 unspecified atom stereocenters. The summed E-state index contributed by atoms with van der Waals surface area (Å²) in [6.07, 6.45) is 1.46. The Balaban J connectivity index is 1.73. The standard InChI is InChI=1S/C26H37N3O5/c1-6-15(2)17(14-30)29-21(23(32)28-25(3,4)5)26-13-12-18(34-26)19(20(26)24(29)33)22(31)27-16-10-8-7-9-11-16/h7-11,15,17-21,30H,6,12-14H2,1-5H3,(H,27,31)(H,28,32)/t15-,17-,18-,19+,20-,21?,26?/m0/s1. The van der Waals surface area contributed by atoms with E-state index in [1.165, 1.54) is 0 Å². The molecule has 3 fully saturated rings. The Morgan fingerprint density at radius 1 is 1.24 bits per heavy atom. The van der Waals surface area contributed by atoms with E-state index in [0.717, 1.165) is 6.42 Å². The number of likely N-dealkylation sites (tertiary alicyclic amines) is 1. The summed E-state index contributed by atoms with van der Waals surface area (Å²) < 4.78 is 6.45. The van der Waals surface area contributed by atoms with Crippen molar-refractivity contribution in [3.05, 3.63) is 30.3 Å². The topological polar surface area (TPSA) is 108 Å². The van der Waals surface area contributed by atoms with Gasteiger partial charge in [0, 0.05) is 11.2 Å². The summed E-state index contributed by atoms with van der Waals surface area (Å²) in [7, 11) is 0. The molecular weight excluding hydrogens is 434 g/mol. The summed E-state index contributed by atoms with van der Waals surface area (Å²) in [5.41, 5.74) is -0.926. The van der Waals surface area contributed by atoms with Crippen molar-refractivity contribution in [1.29, 1.82) is 0 Å². The number of hydrogen-bond acceptors (Lipinski definition) is 5. The average Bonchev–Trinajstić information content (AvgIpc) is 3.41. The van der Waals surface area contributed by atoms with Crippen LogP contribution in [0.15, 0.2) is 30.3 Å². The van der Waals surface area contributed by atoms with Crippen LogP contribution in [0.4, 0.5) is 5.69 Å². The molecule has 2 bridgehead atoms. The maximum atomic E-state index is 14.0. The molecule has 186 valence electrons. The van der Waals surface area contributed by atoms with Crippen LogP contribution in [0.1, 0.15) is 53.9 Å². The number of nitrogens with one attached hydrogen (secondary N) is 2. The first-order valence-electron chi connectivity index (χ1n) is 12.3. The zero-order valence-electron chi connectivity index (χ0n) is 20.7. The first-order valence-corrected chi connectivity index (χ1v) is 12.3. The van der Waals surface area contributed by atoms with Gasteiger partial charge < -0.3 is 25.4 Å². The lowest BCUT2D eigenvalue weighted by molar-refractivity contribution is -0.147. The lowest BCUT2D eigenvalue weighted by Crippen LogP contribution is -2.61. The van der Waals surface area contributed by atoms with Crippen LogP contribution in [-0.2, 0) is 19.1 Å². The number of nitrogens with zero attached hydrogens (tertiary/aromatic N) is 1. The molecule has 3 N–H and O–H groups in total. The van der Waals surface area contributed by atoms with Crippen molar-refractivity contribution in [2.75, 3.05) is 11.9 Å². The fourth-order valence-electron chi connectivity index (χ4n) is 6.05. The molecule has 3 aliphatic heterocycles. The number of aliphatic hydroxyl groups excluding tert-OH is 1. The van der Waals surface area contributed by atoms with Gasteiger partial charge in [0.05, 0.1) is 30.6 Å². The van der Waals surface area contributed by atoms with E-state index in [0.29, 0.717) is 18.5 Å². The van der Waals surface area contributed by atoms with Crippen LogP contribution in [0.5, 0.6) is 0 Å². The van der Waals surface area contributed by atoms with Gasteiger partial charge in [-0.1, -0.05) is 38.5 Å². The minimum atomic E-state index is -1.07. The first kappa shape index (κ1) is 24.7. The predicted molar refractivity (Wildman–Crippen MR) is 128 cm³/mol. The van der Waals surface area contributed by atoms with Crippen LogP contribution in [0.3, 0.4) is 0 Å². The number of carbonyl (C=O) groups excluding carboxylic acids is 3. The number of rotatable bonds is 7. The molecule has 8 heteroatoms. The van der Waals surface area contributed by atoms with Gasteiger partial charge in [0.25, 0.3) is 0 Å². The van der Waals surface area contributed by atoms with Crippen molar-refractivity contribution < 1.29 is 24.2 Å². The molecule has 1 spiro atoms. The van der Waals surface area contributed by atoms with Crippen molar-refractivity contribution >= 4 is 23.4 Å². The van der Waals surface area contributed by atoms with Crippen LogP contribution in [-0.4, -0.2) is 63.7 Å². The van der Waals surface area contributed by atoms with Gasteiger partial charge in [0.1, 0.15) is 11.6 Å². The monoisotopic (exact) mass is 471 g/mol. The molecule has 0 saturated carbocycles. The second-order valence-corrected chi connectivity index (χ2v) is 11.0. The van der Waals surface area contributed by atoms with Gasteiger partial charge in [-0.05, 0) is 51.7 Å². The molecule has 34 heavy (non-hydrogen) atoms. The molecule has 3 aliphatic rings. The second kappa shape index (κ2) is 8.96. The quantitative estimate of drug-likeness (QED) is 0.566. The van der Waals surface area contributed by atoms with Crippen LogP contribution >= 0.6 is 0 Å². The van der Waals surface area contributed by atoms with E-state index in [1.54, 1.807) is 17.0 Å². The molecular formula is C26H37N3O5. The number of para-hydroxylation sites is 1. The number of carbonyl (C=O) groups is 3. The third-order valence-electron chi connectivity index (χ3n) is 7.67. The average molecular weight is 472 g/mol. The van der Waals surface area contributed by atoms with E-state index in [4.69, 9.17) is 4.74 Å². The van der Waals surface area contributed by atoms with Crippen LogP contribution in [0, 0.1) is 17.8 Å². The molecule has 4 rings (SSSR count). The first-order chi connectivity index (χ1) is 16.0. The highest BCUT2D eigenvalue weighted by atomic mass is 16.5. The SMILES string of the molecule is CC[C@H](C)[C@H](CO)N1C(=O)[C@@H]2[C@H](C(=O)Nc3ccccc3)[C@@H]3CCC2(O3)C1C(=O)NC(C)(C)C. The molecule has 0 aromatic heterocycles. The number of fused-ring (bicyclic) bond motifs is 1. The third-order valence-corrected chi connectivity index (χ3v) is 7.67. The molecule has 7 atom stereocenters. The van der Waals surface area contributed by atoms with Gasteiger partial charge in [0.15, 0.2) is 0 Å². The van der Waals surface area contributed by atoms with E-state index < -0.39 is 41.2 Å². The number of amides is 3. The number of hydrogen-bond donors (Lipinski definition) is 3. The maximum absolute atomic E-state index is 14.0. The van der Waals surface area contributed by atoms with Crippen molar-refractivity contribution in [2.45, 2.75) is 83.2 Å². The number of aliphatic hydroxyl groups is 1. The van der Waals surface area contributed by atoms with Gasteiger partial charge in [-0.25, -0.2) is 0 Å². The Morgan fingerprint density at radius 3 is 2.50 bits per heavy atom. The Hall–Kier alpha value is -2.45. The summed E-state index contributed by atoms with van der Waals surface area (Å²) >= 11 is 0. The van der Waals surface area contributed by atoms with E-state index in [9.17, 15) is 19.5 Å². The number of benzene rings is 1. The zero-order valence-corrected chi connectivity index (χ0v) is 20.7. The van der Waals surface area contributed by atoms with Crippen molar-refractivity contribution in [1.82, 2.24) is 10.2 Å². The van der Waals surface area contributed by atoms with Gasteiger partial charge in [-0.2, -0.15) is 0 Å². The normalized spacial score (nSPS) is 31.8. The summed E-state index contributed by atoms with van der Waals surface area (Å²) in [5, 5.41) is 16.3. The molecule has 0 aliphatic carbocycles. The van der Waals surface area contributed by atoms with Crippen LogP contribution in [0.2, 0.25) is 0 Å². The minimum absolute atomic E-state index is 0.0251. The lowest BCUT2D eigenvalue weighted by Gasteiger charge is -2.40. The Bertz CT molecular complexity index is 946. The highest BCUT2D eigenvalue weighted by molar-refractivity contribution is 6.02. The van der Waals surface area contributed by atoms with Gasteiger partial charge >= 0.3 is 0 Å². The van der Waals surface area contributed by atoms with Crippen LogP contribution < -0.4 is 10.6 Å². The van der Waals surface area contributed by atoms with Gasteiger partial charge in [-0.3, -0.25) is 14.4 Å². The number of ether oxygens (including phenoxy) is 1. The fourth-order valence-corrected chi connectivity index (χ4v) is 6.05. The third kappa shape index (κ3) is 4.01. The van der Waals surface area contributed by atoms with E-state index >= 15 is 0 Å². The molecule has 0 radical (unpaired) electrons. The summed E-state index contributed by atoms with van der Waals surface area (Å²) in [4.78, 5) is 42.7. The lowest BCUT2D eigenvalue weighted by atomic mass is 9.70. The largest absolute Gasteiger partial charge is 0.394 e. The van der Waals surface area contributed by atoms with E-state index in [2.05, 4.69) is 10.6 Å².